The summed E-state index contributed by atoms with van der Waals surface area (Å²) in [5.74, 6) is 1.23. The van der Waals surface area contributed by atoms with E-state index in [2.05, 4.69) is 85.8 Å². The number of hydrogen-bond acceptors (Lipinski definition) is 9. The Bertz CT molecular complexity index is 2580. The number of benzene rings is 4. The first-order valence-corrected chi connectivity index (χ1v) is 20.7. The molecule has 0 spiro atoms. The van der Waals surface area contributed by atoms with Crippen molar-refractivity contribution in [2.75, 3.05) is 27.3 Å². The molecule has 2 aliphatic rings. The molecule has 0 unspecified atom stereocenters. The average molecular weight is 813 g/mol. The molecule has 2 fully saturated rings. The fourth-order valence-corrected chi connectivity index (χ4v) is 8.67. The van der Waals surface area contributed by atoms with Crippen LogP contribution >= 0.6 is 0 Å². The highest BCUT2D eigenvalue weighted by molar-refractivity contribution is 5.93. The molecule has 3 amide bonds. The lowest BCUT2D eigenvalue weighted by atomic mass is 9.97. The first-order valence-electron chi connectivity index (χ1n) is 20.7. The van der Waals surface area contributed by atoms with E-state index in [0.29, 0.717) is 13.1 Å². The van der Waals surface area contributed by atoms with Gasteiger partial charge in [-0.3, -0.25) is 9.59 Å². The number of nitrogens with zero attached hydrogens (tertiary/aromatic N) is 5. The number of methoxy groups -OCH3 is 1. The Morgan fingerprint density at radius 3 is 1.70 bits per heavy atom. The van der Waals surface area contributed by atoms with Gasteiger partial charge in [-0.1, -0.05) is 64.1 Å². The van der Waals surface area contributed by atoms with Gasteiger partial charge in [-0.15, -0.1) is 0 Å². The molecule has 0 saturated carbocycles. The standard InChI is InChI=1S/C46H52N8O6/c1-26(2)40(47-25-60-59-6)44(55)53-19-7-9-38(53)42-48-34-17-15-32(23-36(34)50-42)30-13-11-29-22-31(14-12-28(29)21-30)33-16-18-35-37(24-33)51-43(49-35)39-10-8-20-54(39)45(56)41(27(3)4)52-46(57)58-5/h11-18,21-27,38-41H,7-10,19-20H2,1-6H3,(H,48,50)(H,49,51)(H,52,57)/t38-,39-,40+,41+/m0/s1. The molecule has 0 aliphatic carbocycles. The first kappa shape index (κ1) is 40.5. The van der Waals surface area contributed by atoms with Gasteiger partial charge >= 0.3 is 6.09 Å². The molecule has 6 aromatic rings. The van der Waals surface area contributed by atoms with Crippen LogP contribution in [0.1, 0.15) is 77.1 Å². The molecule has 2 aromatic heterocycles. The van der Waals surface area contributed by atoms with Gasteiger partial charge in [-0.25, -0.2) is 19.8 Å². The van der Waals surface area contributed by atoms with Crippen LogP contribution in [0.25, 0.3) is 55.1 Å². The Morgan fingerprint density at radius 1 is 0.717 bits per heavy atom. The first-order chi connectivity index (χ1) is 29.0. The second kappa shape index (κ2) is 17.1. The molecule has 60 heavy (non-hydrogen) atoms. The van der Waals surface area contributed by atoms with E-state index in [4.69, 9.17) is 19.6 Å². The molecule has 3 N–H and O–H groups in total. The van der Waals surface area contributed by atoms with E-state index in [1.165, 1.54) is 20.6 Å². The van der Waals surface area contributed by atoms with Crippen molar-refractivity contribution in [3.63, 3.8) is 0 Å². The predicted octanol–water partition coefficient (Wildman–Crippen LogP) is 8.26. The number of alkyl carbamates (subject to hydrolysis) is 1. The van der Waals surface area contributed by atoms with Crippen molar-refractivity contribution < 1.29 is 28.9 Å². The number of hydrogen-bond donors (Lipinski definition) is 3. The van der Waals surface area contributed by atoms with E-state index in [1.807, 2.05) is 49.6 Å². The van der Waals surface area contributed by atoms with Crippen LogP contribution in [0.4, 0.5) is 4.79 Å². The summed E-state index contributed by atoms with van der Waals surface area (Å²) in [6.07, 6.45) is 3.92. The second-order valence-electron chi connectivity index (χ2n) is 16.4. The van der Waals surface area contributed by atoms with Crippen molar-refractivity contribution in [2.45, 2.75) is 77.5 Å². The molecule has 0 radical (unpaired) electrons. The summed E-state index contributed by atoms with van der Waals surface area (Å²) < 4.78 is 4.78. The summed E-state index contributed by atoms with van der Waals surface area (Å²) in [6.45, 7) is 9.01. The van der Waals surface area contributed by atoms with Crippen molar-refractivity contribution in [1.82, 2.24) is 35.1 Å². The van der Waals surface area contributed by atoms with Crippen molar-refractivity contribution in [2.24, 2.45) is 16.8 Å². The normalized spacial score (nSPS) is 18.1. The maximum Gasteiger partial charge on any atom is 0.407 e. The Hall–Kier alpha value is -6.28. The van der Waals surface area contributed by atoms with Gasteiger partial charge in [0.05, 0.1) is 48.4 Å². The van der Waals surface area contributed by atoms with Gasteiger partial charge in [0.25, 0.3) is 0 Å². The largest absolute Gasteiger partial charge is 0.453 e. The van der Waals surface area contributed by atoms with Gasteiger partial charge in [-0.2, -0.15) is 4.89 Å². The number of aromatic amines is 2. The highest BCUT2D eigenvalue weighted by Gasteiger charge is 2.38. The molecule has 8 rings (SSSR count). The SMILES string of the molecule is COOC=N[C@@H](C(=O)N1CCC[C@H]1c1nc2ccc(-c3ccc4cc(-c5ccc6nc([C@@H]7CCCN7C(=O)[C@H](NC(=O)OC)C(C)C)[nH]c6c5)ccc4c3)cc2[nH]1)C(C)C. The number of aliphatic imine (C=N–C) groups is 1. The molecule has 312 valence electrons. The predicted molar refractivity (Wildman–Crippen MR) is 231 cm³/mol. The monoisotopic (exact) mass is 812 g/mol. The van der Waals surface area contributed by atoms with E-state index in [0.717, 1.165) is 92.4 Å². The third kappa shape index (κ3) is 8.03. The van der Waals surface area contributed by atoms with Crippen LogP contribution in [0.3, 0.4) is 0 Å². The molecule has 2 saturated heterocycles. The number of aromatic nitrogens is 4. The van der Waals surface area contributed by atoms with E-state index in [-0.39, 0.29) is 35.7 Å². The van der Waals surface area contributed by atoms with Crippen LogP contribution in [-0.4, -0.2) is 93.4 Å². The Labute approximate surface area is 348 Å². The highest BCUT2D eigenvalue weighted by Crippen LogP contribution is 2.36. The number of imidazole rings is 2. The molecule has 14 nitrogen and oxygen atoms in total. The zero-order valence-electron chi connectivity index (χ0n) is 34.9. The lowest BCUT2D eigenvalue weighted by molar-refractivity contribution is -0.188. The number of ether oxygens (including phenoxy) is 1. The lowest BCUT2D eigenvalue weighted by Crippen LogP contribution is -2.51. The number of carbonyl (C=O) groups excluding carboxylic acids is 3. The maximum absolute atomic E-state index is 13.7. The smallest absolute Gasteiger partial charge is 0.407 e. The van der Waals surface area contributed by atoms with E-state index in [1.54, 1.807) is 0 Å². The number of likely N-dealkylation sites (tertiary alicyclic amines) is 2. The minimum atomic E-state index is -0.688. The van der Waals surface area contributed by atoms with E-state index in [9.17, 15) is 14.4 Å². The fraction of sp³-hybridized carbons (Fsp3) is 0.391. The Balaban J connectivity index is 0.992. The van der Waals surface area contributed by atoms with Crippen LogP contribution in [-0.2, 0) is 24.1 Å². The van der Waals surface area contributed by atoms with Crippen LogP contribution < -0.4 is 5.32 Å². The quantitative estimate of drug-likeness (QED) is 0.0481. The number of rotatable bonds is 12. The van der Waals surface area contributed by atoms with E-state index < -0.39 is 18.2 Å². The van der Waals surface area contributed by atoms with Crippen molar-refractivity contribution in [1.29, 1.82) is 0 Å². The van der Waals surface area contributed by atoms with Gasteiger partial charge in [0.15, 0.2) is 0 Å². The van der Waals surface area contributed by atoms with Crippen molar-refractivity contribution >= 4 is 57.1 Å². The maximum atomic E-state index is 13.7. The molecule has 14 heteroatoms. The molecular weight excluding hydrogens is 761 g/mol. The number of amides is 3. The zero-order chi connectivity index (χ0) is 42.1. The lowest BCUT2D eigenvalue weighted by Gasteiger charge is -2.29. The highest BCUT2D eigenvalue weighted by atomic mass is 17.2. The molecule has 2 aliphatic heterocycles. The van der Waals surface area contributed by atoms with Gasteiger partial charge in [0.2, 0.25) is 18.2 Å². The van der Waals surface area contributed by atoms with Gasteiger partial charge in [0, 0.05) is 13.1 Å². The number of nitrogens with one attached hydrogen (secondary N) is 3. The van der Waals surface area contributed by atoms with Gasteiger partial charge in [-0.05, 0) is 107 Å². The van der Waals surface area contributed by atoms with Crippen molar-refractivity contribution in [3.8, 4) is 22.3 Å². The Kier molecular flexibility index (Phi) is 11.6. The minimum Gasteiger partial charge on any atom is -0.453 e. The summed E-state index contributed by atoms with van der Waals surface area (Å²) in [5, 5.41) is 4.96. The van der Waals surface area contributed by atoms with E-state index >= 15 is 0 Å². The molecular formula is C46H52N8O6. The molecule has 0 bridgehead atoms. The van der Waals surface area contributed by atoms with Crippen LogP contribution in [0, 0.1) is 11.8 Å². The molecule has 4 atom stereocenters. The fourth-order valence-electron chi connectivity index (χ4n) is 8.67. The second-order valence-corrected chi connectivity index (χ2v) is 16.4. The van der Waals surface area contributed by atoms with Crippen LogP contribution in [0.5, 0.6) is 0 Å². The summed E-state index contributed by atoms with van der Waals surface area (Å²) in [7, 11) is 2.70. The number of carbonyl (C=O) groups is 3. The summed E-state index contributed by atoms with van der Waals surface area (Å²) >= 11 is 0. The molecule has 4 aromatic carbocycles. The third-order valence-corrected chi connectivity index (χ3v) is 11.8. The zero-order valence-corrected chi connectivity index (χ0v) is 34.9. The Morgan fingerprint density at radius 2 is 1.22 bits per heavy atom. The summed E-state index contributed by atoms with van der Waals surface area (Å²) in [4.78, 5) is 73.8. The molecule has 4 heterocycles. The summed E-state index contributed by atoms with van der Waals surface area (Å²) in [5.41, 5.74) is 7.81. The van der Waals surface area contributed by atoms with Crippen molar-refractivity contribution in [3.05, 3.63) is 84.4 Å². The minimum absolute atomic E-state index is 0.0132. The van der Waals surface area contributed by atoms with Crippen LogP contribution in [0.2, 0.25) is 0 Å². The van der Waals surface area contributed by atoms with Crippen LogP contribution in [0.15, 0.2) is 77.8 Å². The van der Waals surface area contributed by atoms with Gasteiger partial charge in [0.1, 0.15) is 23.7 Å². The number of H-pyrrole nitrogens is 2. The average Bonchev–Trinajstić information content (AvgIpc) is 4.08. The van der Waals surface area contributed by atoms with Gasteiger partial charge < -0.3 is 34.7 Å². The summed E-state index contributed by atoms with van der Waals surface area (Å²) in [6, 6.07) is 23.8. The topological polar surface area (TPSA) is 167 Å². The third-order valence-electron chi connectivity index (χ3n) is 11.8. The number of fused-ring (bicyclic) bond motifs is 3.